The van der Waals surface area contributed by atoms with Crippen molar-refractivity contribution in [2.75, 3.05) is 13.2 Å². The first kappa shape index (κ1) is 56.9. The Morgan fingerprint density at radius 3 is 1.43 bits per heavy atom. The summed E-state index contributed by atoms with van der Waals surface area (Å²) in [5, 5.41) is 75.7. The number of unbranched alkanes of at least 4 members (excludes halogenated alkanes) is 28. The van der Waals surface area contributed by atoms with Crippen molar-refractivity contribution in [2.45, 2.75) is 281 Å². The van der Waals surface area contributed by atoms with Crippen molar-refractivity contribution in [1.82, 2.24) is 5.32 Å². The van der Waals surface area contributed by atoms with E-state index in [1.165, 1.54) is 148 Å². The molecule has 1 aliphatic rings. The highest BCUT2D eigenvalue weighted by molar-refractivity contribution is 5.80. The lowest BCUT2D eigenvalue weighted by molar-refractivity contribution is -0.303. The molecule has 8 N–H and O–H groups in total. The third kappa shape index (κ3) is 28.5. The average Bonchev–Trinajstić information content (AvgIpc) is 3.25. The van der Waals surface area contributed by atoms with Crippen LogP contribution in [0.5, 0.6) is 0 Å². The van der Waals surface area contributed by atoms with E-state index in [2.05, 4.69) is 31.3 Å². The number of nitrogens with one attached hydrogen (secondary N) is 1. The molecule has 1 rings (SSSR count). The third-order valence-corrected chi connectivity index (χ3v) is 12.3. The molecule has 60 heavy (non-hydrogen) atoms. The molecular formula is C49H95NO10. The first-order valence-electron chi connectivity index (χ1n) is 25.1. The van der Waals surface area contributed by atoms with Gasteiger partial charge in [0.1, 0.15) is 36.6 Å². The van der Waals surface area contributed by atoms with Crippen molar-refractivity contribution < 1.29 is 50.0 Å². The smallest absolute Gasteiger partial charge is 0.249 e. The summed E-state index contributed by atoms with van der Waals surface area (Å²) < 4.78 is 11.1. The van der Waals surface area contributed by atoms with Crippen molar-refractivity contribution in [1.29, 1.82) is 0 Å². The van der Waals surface area contributed by atoms with Gasteiger partial charge in [0, 0.05) is 0 Å². The fourth-order valence-electron chi connectivity index (χ4n) is 8.15. The highest BCUT2D eigenvalue weighted by Crippen LogP contribution is 2.23. The van der Waals surface area contributed by atoms with Gasteiger partial charge in [-0.25, -0.2) is 0 Å². The maximum absolute atomic E-state index is 13.1. The van der Waals surface area contributed by atoms with Crippen molar-refractivity contribution >= 4 is 5.91 Å². The predicted molar refractivity (Wildman–Crippen MR) is 243 cm³/mol. The first-order chi connectivity index (χ1) is 29.2. The number of carbonyl (C=O) groups is 1. The van der Waals surface area contributed by atoms with Gasteiger partial charge in [-0.3, -0.25) is 4.79 Å². The summed E-state index contributed by atoms with van der Waals surface area (Å²) in [5.41, 5.74) is 0. The number of aliphatic hydroxyl groups is 7. The lowest BCUT2D eigenvalue weighted by Crippen LogP contribution is -2.60. The minimum absolute atomic E-state index is 0.259. The largest absolute Gasteiger partial charge is 0.394 e. The molecule has 0 saturated carbocycles. The van der Waals surface area contributed by atoms with Crippen LogP contribution >= 0.6 is 0 Å². The number of carbonyl (C=O) groups excluding carboxylic acids is 1. The van der Waals surface area contributed by atoms with E-state index in [9.17, 15) is 40.5 Å². The second kappa shape index (κ2) is 39.4. The normalized spacial score (nSPS) is 21.6. The van der Waals surface area contributed by atoms with Gasteiger partial charge in [-0.1, -0.05) is 199 Å². The Hall–Kier alpha value is -1.15. The second-order valence-corrected chi connectivity index (χ2v) is 17.9. The Morgan fingerprint density at radius 2 is 0.983 bits per heavy atom. The minimum atomic E-state index is -1.66. The molecule has 11 heteroatoms. The van der Waals surface area contributed by atoms with Gasteiger partial charge in [0.15, 0.2) is 6.29 Å². The van der Waals surface area contributed by atoms with Gasteiger partial charge in [-0.2, -0.15) is 0 Å². The molecule has 0 aromatic rings. The summed E-state index contributed by atoms with van der Waals surface area (Å²) in [6, 6.07) is -1.18. The molecule has 1 aliphatic heterocycles. The van der Waals surface area contributed by atoms with Crippen LogP contribution in [0.25, 0.3) is 0 Å². The van der Waals surface area contributed by atoms with E-state index >= 15 is 0 Å². The highest BCUT2D eigenvalue weighted by atomic mass is 16.7. The predicted octanol–water partition coefficient (Wildman–Crippen LogP) is 8.84. The van der Waals surface area contributed by atoms with Gasteiger partial charge in [-0.15, -0.1) is 0 Å². The number of amides is 1. The zero-order valence-corrected chi connectivity index (χ0v) is 38.5. The van der Waals surface area contributed by atoms with E-state index in [-0.39, 0.29) is 12.8 Å². The molecule has 0 aromatic heterocycles. The zero-order valence-electron chi connectivity index (χ0n) is 38.5. The lowest BCUT2D eigenvalue weighted by atomic mass is 9.98. The summed E-state index contributed by atoms with van der Waals surface area (Å²) in [5.74, 6) is -0.704. The van der Waals surface area contributed by atoms with Crippen LogP contribution in [0, 0.1) is 0 Å². The Kier molecular flexibility index (Phi) is 37.4. The number of hydrogen-bond acceptors (Lipinski definition) is 10. The van der Waals surface area contributed by atoms with Crippen molar-refractivity contribution in [3.63, 3.8) is 0 Å². The fourth-order valence-corrected chi connectivity index (χ4v) is 8.15. The lowest BCUT2D eigenvalue weighted by Gasteiger charge is -2.40. The van der Waals surface area contributed by atoms with E-state index in [1.807, 2.05) is 0 Å². The van der Waals surface area contributed by atoms with Gasteiger partial charge < -0.3 is 50.5 Å². The van der Waals surface area contributed by atoms with Crippen molar-refractivity contribution in [3.8, 4) is 0 Å². The van der Waals surface area contributed by atoms with Crippen LogP contribution in [0.2, 0.25) is 0 Å². The van der Waals surface area contributed by atoms with Gasteiger partial charge in [0.25, 0.3) is 0 Å². The number of rotatable bonds is 42. The SMILES string of the molecule is CCCCCCCCC/C=C\CCC[C@@H](O)[C@@H](O)[C@H](CO[C@@H]1O[C@H](CO)[C@@H](O)C(O)C1O)NC(=O)[C@H](O)CCCCCCCCCCCCCCCCCCCCCCC. The summed E-state index contributed by atoms with van der Waals surface area (Å²) in [7, 11) is 0. The van der Waals surface area contributed by atoms with Gasteiger partial charge in [-0.05, 0) is 38.5 Å². The maximum atomic E-state index is 13.1. The second-order valence-electron chi connectivity index (χ2n) is 17.9. The van der Waals surface area contributed by atoms with Gasteiger partial charge in [0.2, 0.25) is 5.91 Å². The molecule has 11 nitrogen and oxygen atoms in total. The maximum Gasteiger partial charge on any atom is 0.249 e. The molecule has 0 bridgehead atoms. The Bertz CT molecular complexity index is 986. The highest BCUT2D eigenvalue weighted by Gasteiger charge is 2.44. The van der Waals surface area contributed by atoms with Crippen LogP contribution < -0.4 is 5.32 Å². The minimum Gasteiger partial charge on any atom is -0.394 e. The van der Waals surface area contributed by atoms with Crippen molar-refractivity contribution in [2.24, 2.45) is 0 Å². The first-order valence-corrected chi connectivity index (χ1v) is 25.1. The van der Waals surface area contributed by atoms with Crippen LogP contribution in [-0.2, 0) is 14.3 Å². The topological polar surface area (TPSA) is 189 Å². The van der Waals surface area contributed by atoms with E-state index in [1.54, 1.807) is 0 Å². The Balaban J connectivity index is 2.37. The summed E-state index contributed by atoms with van der Waals surface area (Å²) >= 11 is 0. The van der Waals surface area contributed by atoms with Crippen LogP contribution in [0.15, 0.2) is 12.2 Å². The van der Waals surface area contributed by atoms with Crippen LogP contribution in [-0.4, -0.2) is 110 Å². The molecule has 1 fully saturated rings. The zero-order chi connectivity index (χ0) is 44.1. The third-order valence-electron chi connectivity index (χ3n) is 12.3. The van der Waals surface area contributed by atoms with E-state index < -0.39 is 74.2 Å². The van der Waals surface area contributed by atoms with Crippen LogP contribution in [0.3, 0.4) is 0 Å². The molecule has 356 valence electrons. The van der Waals surface area contributed by atoms with Crippen LogP contribution in [0.4, 0.5) is 0 Å². The van der Waals surface area contributed by atoms with Crippen LogP contribution in [0.1, 0.15) is 226 Å². The number of aliphatic hydroxyl groups excluding tert-OH is 7. The molecule has 0 aromatic carbocycles. The monoisotopic (exact) mass is 858 g/mol. The van der Waals surface area contributed by atoms with Gasteiger partial charge >= 0.3 is 0 Å². The summed E-state index contributed by atoms with van der Waals surface area (Å²) in [4.78, 5) is 13.1. The molecule has 1 amide bonds. The van der Waals surface area contributed by atoms with E-state index in [4.69, 9.17) is 9.47 Å². The van der Waals surface area contributed by atoms with Gasteiger partial charge in [0.05, 0.1) is 25.4 Å². The van der Waals surface area contributed by atoms with E-state index in [0.717, 1.165) is 38.5 Å². The fraction of sp³-hybridized carbons (Fsp3) is 0.939. The molecular weight excluding hydrogens is 763 g/mol. The number of ether oxygens (including phenoxy) is 2. The average molecular weight is 858 g/mol. The summed E-state index contributed by atoms with van der Waals surface area (Å²) in [6.45, 7) is 3.43. The summed E-state index contributed by atoms with van der Waals surface area (Å²) in [6.07, 6.45) is 31.3. The molecule has 9 atom stereocenters. The molecule has 1 saturated heterocycles. The Labute approximate surface area is 366 Å². The Morgan fingerprint density at radius 1 is 0.567 bits per heavy atom. The molecule has 1 heterocycles. The standard InChI is InChI=1S/C49H95NO10/c1-3-5-7-9-11-13-15-17-18-19-20-21-22-23-24-25-27-29-31-33-35-37-42(53)48(58)50-40(39-59-49-47(57)46(56)45(55)43(38-51)60-49)44(54)41(52)36-34-32-30-28-26-16-14-12-10-8-6-4-2/h28,30,40-47,49,51-57H,3-27,29,31-39H2,1-2H3,(H,50,58)/b30-28-/t40-,41+,42+,43+,44-,45+,46?,47?,49+/m0/s1. The van der Waals surface area contributed by atoms with Crippen molar-refractivity contribution in [3.05, 3.63) is 12.2 Å². The number of hydrogen-bond donors (Lipinski definition) is 8. The van der Waals surface area contributed by atoms with E-state index in [0.29, 0.717) is 12.8 Å². The molecule has 0 radical (unpaired) electrons. The molecule has 0 spiro atoms. The quantitative estimate of drug-likeness (QED) is 0.0218. The molecule has 0 aliphatic carbocycles. The molecule has 2 unspecified atom stereocenters. The number of allylic oxidation sites excluding steroid dienone is 2.